The van der Waals surface area contributed by atoms with Crippen LogP contribution in [0.5, 0.6) is 5.75 Å². The first-order valence-electron chi connectivity index (χ1n) is 6.98. The number of anilines is 2. The molecule has 0 bridgehead atoms. The monoisotopic (exact) mass is 387 g/mol. The third-order valence-electron chi connectivity index (χ3n) is 2.92. The van der Waals surface area contributed by atoms with E-state index in [-0.39, 0.29) is 18.4 Å². The minimum atomic E-state index is -0.371. The molecule has 7 heteroatoms. The number of benzene rings is 2. The predicted molar refractivity (Wildman–Crippen MR) is 93.7 cm³/mol. The Kier molecular flexibility index (Phi) is 5.93. The van der Waals surface area contributed by atoms with Crippen molar-refractivity contribution in [1.82, 2.24) is 0 Å². The van der Waals surface area contributed by atoms with Gasteiger partial charge in [-0.25, -0.2) is 0 Å². The standard InChI is InChI=1S/C17H14BrN3O3/c1-11(22)20-15-7-4-13(18)8-16(15)21-17(23)10-24-14-5-2-12(9-19)3-6-14/h2-8H,10H2,1H3,(H,20,22)(H,21,23). The maximum atomic E-state index is 12.0. The van der Waals surface area contributed by atoms with E-state index in [1.54, 1.807) is 42.5 Å². The number of hydrogen-bond acceptors (Lipinski definition) is 4. The van der Waals surface area contributed by atoms with Gasteiger partial charge in [0.2, 0.25) is 5.91 Å². The van der Waals surface area contributed by atoms with Gasteiger partial charge in [0.25, 0.3) is 5.91 Å². The van der Waals surface area contributed by atoms with E-state index in [9.17, 15) is 9.59 Å². The summed E-state index contributed by atoms with van der Waals surface area (Å²) < 4.78 is 6.13. The normalized spacial score (nSPS) is 9.71. The second-order valence-corrected chi connectivity index (χ2v) is 5.76. The fourth-order valence-electron chi connectivity index (χ4n) is 1.88. The average molecular weight is 388 g/mol. The average Bonchev–Trinajstić information content (AvgIpc) is 2.55. The van der Waals surface area contributed by atoms with E-state index in [4.69, 9.17) is 10.00 Å². The van der Waals surface area contributed by atoms with Crippen LogP contribution >= 0.6 is 15.9 Å². The molecule has 0 saturated carbocycles. The van der Waals surface area contributed by atoms with Crippen molar-refractivity contribution < 1.29 is 14.3 Å². The molecule has 0 aliphatic rings. The van der Waals surface area contributed by atoms with Crippen molar-refractivity contribution in [2.75, 3.05) is 17.2 Å². The van der Waals surface area contributed by atoms with Crippen molar-refractivity contribution in [1.29, 1.82) is 5.26 Å². The lowest BCUT2D eigenvalue weighted by atomic mass is 10.2. The maximum absolute atomic E-state index is 12.0. The number of amides is 2. The highest BCUT2D eigenvalue weighted by atomic mass is 79.9. The number of ether oxygens (including phenoxy) is 1. The van der Waals surface area contributed by atoms with Crippen LogP contribution in [0.2, 0.25) is 0 Å². The van der Waals surface area contributed by atoms with Gasteiger partial charge in [-0.3, -0.25) is 9.59 Å². The molecule has 0 saturated heterocycles. The van der Waals surface area contributed by atoms with Gasteiger partial charge in [0.1, 0.15) is 5.75 Å². The second kappa shape index (κ2) is 8.13. The molecule has 2 N–H and O–H groups in total. The molecular formula is C17H14BrN3O3. The molecule has 0 atom stereocenters. The first kappa shape index (κ1) is 17.5. The Hall–Kier alpha value is -2.85. The predicted octanol–water partition coefficient (Wildman–Crippen LogP) is 3.30. The van der Waals surface area contributed by atoms with Crippen molar-refractivity contribution in [3.05, 3.63) is 52.5 Å². The minimum Gasteiger partial charge on any atom is -0.484 e. The van der Waals surface area contributed by atoms with E-state index >= 15 is 0 Å². The summed E-state index contributed by atoms with van der Waals surface area (Å²) >= 11 is 3.32. The van der Waals surface area contributed by atoms with E-state index < -0.39 is 0 Å². The largest absolute Gasteiger partial charge is 0.484 e. The quantitative estimate of drug-likeness (QED) is 0.822. The zero-order chi connectivity index (χ0) is 17.5. The summed E-state index contributed by atoms with van der Waals surface area (Å²) in [6.45, 7) is 1.19. The van der Waals surface area contributed by atoms with Gasteiger partial charge in [-0.05, 0) is 42.5 Å². The highest BCUT2D eigenvalue weighted by Gasteiger charge is 2.09. The molecule has 2 amide bonds. The van der Waals surface area contributed by atoms with Crippen molar-refractivity contribution in [2.24, 2.45) is 0 Å². The lowest BCUT2D eigenvalue weighted by Gasteiger charge is -2.12. The molecule has 0 fully saturated rings. The lowest BCUT2D eigenvalue weighted by molar-refractivity contribution is -0.118. The van der Waals surface area contributed by atoms with Crippen LogP contribution in [0.4, 0.5) is 11.4 Å². The van der Waals surface area contributed by atoms with E-state index in [0.717, 1.165) is 4.47 Å². The van der Waals surface area contributed by atoms with Crippen LogP contribution in [0.3, 0.4) is 0 Å². The van der Waals surface area contributed by atoms with Crippen molar-refractivity contribution in [3.63, 3.8) is 0 Å². The summed E-state index contributed by atoms with van der Waals surface area (Å²) in [5.41, 5.74) is 1.48. The Morgan fingerprint density at radius 1 is 1.12 bits per heavy atom. The van der Waals surface area contributed by atoms with E-state index in [1.807, 2.05) is 6.07 Å². The number of halogens is 1. The maximum Gasteiger partial charge on any atom is 0.262 e. The second-order valence-electron chi connectivity index (χ2n) is 4.84. The summed E-state index contributed by atoms with van der Waals surface area (Å²) in [5.74, 6) is -0.119. The van der Waals surface area contributed by atoms with Gasteiger partial charge in [-0.15, -0.1) is 0 Å². The molecule has 2 aromatic rings. The van der Waals surface area contributed by atoms with Gasteiger partial charge in [0.15, 0.2) is 6.61 Å². The lowest BCUT2D eigenvalue weighted by Crippen LogP contribution is -2.21. The highest BCUT2D eigenvalue weighted by molar-refractivity contribution is 9.10. The van der Waals surface area contributed by atoms with Crippen molar-refractivity contribution >= 4 is 39.1 Å². The Bertz CT molecular complexity index is 798. The topological polar surface area (TPSA) is 91.2 Å². The van der Waals surface area contributed by atoms with Gasteiger partial charge in [-0.2, -0.15) is 5.26 Å². The summed E-state index contributed by atoms with van der Waals surface area (Å²) in [5, 5.41) is 14.1. The molecule has 0 heterocycles. The van der Waals surface area contributed by atoms with Crippen molar-refractivity contribution in [3.8, 4) is 11.8 Å². The summed E-state index contributed by atoms with van der Waals surface area (Å²) in [6, 6.07) is 13.6. The highest BCUT2D eigenvalue weighted by Crippen LogP contribution is 2.26. The van der Waals surface area contributed by atoms with Crippen LogP contribution in [0, 0.1) is 11.3 Å². The van der Waals surface area contributed by atoms with Crippen molar-refractivity contribution in [2.45, 2.75) is 6.92 Å². The van der Waals surface area contributed by atoms with Crippen LogP contribution in [-0.4, -0.2) is 18.4 Å². The summed E-state index contributed by atoms with van der Waals surface area (Å²) in [4.78, 5) is 23.3. The molecule has 0 spiro atoms. The number of carbonyl (C=O) groups excluding carboxylic acids is 2. The van der Waals surface area contributed by atoms with E-state index in [1.165, 1.54) is 6.92 Å². The zero-order valence-electron chi connectivity index (χ0n) is 12.8. The smallest absolute Gasteiger partial charge is 0.262 e. The van der Waals surface area contributed by atoms with Crippen LogP contribution in [0.25, 0.3) is 0 Å². The molecule has 24 heavy (non-hydrogen) atoms. The number of nitriles is 1. The first-order valence-corrected chi connectivity index (χ1v) is 7.77. The van der Waals surface area contributed by atoms with Gasteiger partial charge >= 0.3 is 0 Å². The fraction of sp³-hybridized carbons (Fsp3) is 0.118. The summed E-state index contributed by atoms with van der Waals surface area (Å²) in [6.07, 6.45) is 0. The number of carbonyl (C=O) groups is 2. The Morgan fingerprint density at radius 3 is 2.46 bits per heavy atom. The zero-order valence-corrected chi connectivity index (χ0v) is 14.4. The third-order valence-corrected chi connectivity index (χ3v) is 3.41. The SMILES string of the molecule is CC(=O)Nc1ccc(Br)cc1NC(=O)COc1ccc(C#N)cc1. The van der Waals surface area contributed by atoms with E-state index in [2.05, 4.69) is 26.6 Å². The Balaban J connectivity index is 2.00. The number of nitrogens with one attached hydrogen (secondary N) is 2. The van der Waals surface area contributed by atoms with Gasteiger partial charge in [0.05, 0.1) is 23.0 Å². The number of rotatable bonds is 5. The molecule has 2 rings (SSSR count). The van der Waals surface area contributed by atoms with Gasteiger partial charge < -0.3 is 15.4 Å². The van der Waals surface area contributed by atoms with Crippen LogP contribution in [0.15, 0.2) is 46.9 Å². The molecule has 0 aromatic heterocycles. The molecule has 0 aliphatic heterocycles. The number of nitrogens with zero attached hydrogens (tertiary/aromatic N) is 1. The molecule has 0 aliphatic carbocycles. The van der Waals surface area contributed by atoms with Crippen LogP contribution in [-0.2, 0) is 9.59 Å². The molecule has 122 valence electrons. The van der Waals surface area contributed by atoms with Crippen LogP contribution < -0.4 is 15.4 Å². The molecular weight excluding hydrogens is 374 g/mol. The number of hydrogen-bond donors (Lipinski definition) is 2. The van der Waals surface area contributed by atoms with Crippen LogP contribution in [0.1, 0.15) is 12.5 Å². The van der Waals surface area contributed by atoms with Gasteiger partial charge in [-0.1, -0.05) is 15.9 Å². The van der Waals surface area contributed by atoms with Gasteiger partial charge in [0, 0.05) is 11.4 Å². The minimum absolute atomic E-state index is 0.197. The molecule has 6 nitrogen and oxygen atoms in total. The molecule has 0 unspecified atom stereocenters. The first-order chi connectivity index (χ1) is 11.5. The summed E-state index contributed by atoms with van der Waals surface area (Å²) in [7, 11) is 0. The Labute approximate surface area is 147 Å². The fourth-order valence-corrected chi connectivity index (χ4v) is 2.24. The Morgan fingerprint density at radius 2 is 1.83 bits per heavy atom. The molecule has 2 aromatic carbocycles. The third kappa shape index (κ3) is 5.11. The molecule has 0 radical (unpaired) electrons. The van der Waals surface area contributed by atoms with E-state index in [0.29, 0.717) is 22.7 Å².